The van der Waals surface area contributed by atoms with Crippen LogP contribution >= 0.6 is 11.3 Å². The summed E-state index contributed by atoms with van der Waals surface area (Å²) in [5, 5.41) is 22.0. The van der Waals surface area contributed by atoms with Gasteiger partial charge in [0.1, 0.15) is 0 Å². The summed E-state index contributed by atoms with van der Waals surface area (Å²) in [7, 11) is -3.77. The Morgan fingerprint density at radius 1 is 1.13 bits per heavy atom. The SMILES string of the molecule is C[C@@](O)(c1ccnc(-c2cccc3cc(C(NS(=O)(=O)C4CC4)c4ccccc4[N+](=O)[O-])sc23)c1)C(F)(F)F. The van der Waals surface area contributed by atoms with Crippen molar-refractivity contribution in [1.82, 2.24) is 9.71 Å². The van der Waals surface area contributed by atoms with E-state index in [4.69, 9.17) is 0 Å². The summed E-state index contributed by atoms with van der Waals surface area (Å²) in [6, 6.07) is 13.9. The summed E-state index contributed by atoms with van der Waals surface area (Å²) in [5.41, 5.74) is -2.92. The molecule has 0 radical (unpaired) electrons. The van der Waals surface area contributed by atoms with Crippen molar-refractivity contribution in [3.63, 3.8) is 0 Å². The molecule has 1 saturated carbocycles. The maximum absolute atomic E-state index is 13.5. The molecule has 0 aliphatic heterocycles. The van der Waals surface area contributed by atoms with Gasteiger partial charge in [0.25, 0.3) is 5.69 Å². The number of pyridine rings is 1. The molecule has 1 unspecified atom stereocenters. The van der Waals surface area contributed by atoms with E-state index in [1.807, 2.05) is 0 Å². The number of aromatic nitrogens is 1. The Kier molecular flexibility index (Phi) is 6.74. The molecule has 2 heterocycles. The second-order valence-corrected chi connectivity index (χ2v) is 12.6. The van der Waals surface area contributed by atoms with E-state index in [2.05, 4.69) is 9.71 Å². The Hall–Kier alpha value is -3.39. The Labute approximate surface area is 225 Å². The van der Waals surface area contributed by atoms with Gasteiger partial charge < -0.3 is 5.11 Å². The standard InChI is InChI=1S/C26H22F3N3O5S2/c1-25(33,26(27,28)29)16-11-12-30-20(14-16)18-7-4-5-15-13-22(38-24(15)18)23(31-39(36,37)17-9-10-17)19-6-2-3-8-21(19)32(34)35/h2-8,11-14,17,23,31,33H,9-10H2,1H3/t23?,25-/m1/s1. The summed E-state index contributed by atoms with van der Waals surface area (Å²) >= 11 is 1.16. The molecule has 1 fully saturated rings. The first-order valence-corrected chi connectivity index (χ1v) is 14.2. The van der Waals surface area contributed by atoms with E-state index in [1.165, 1.54) is 24.4 Å². The third-order valence-electron chi connectivity index (χ3n) is 6.69. The number of nitro groups is 1. The van der Waals surface area contributed by atoms with E-state index in [0.29, 0.717) is 40.3 Å². The van der Waals surface area contributed by atoms with Crippen molar-refractivity contribution in [2.24, 2.45) is 0 Å². The fraction of sp³-hybridized carbons (Fsp3) is 0.269. The van der Waals surface area contributed by atoms with Crippen molar-refractivity contribution in [2.75, 3.05) is 0 Å². The fourth-order valence-corrected chi connectivity index (χ4v) is 7.14. The highest BCUT2D eigenvalue weighted by Crippen LogP contribution is 2.43. The molecule has 0 spiro atoms. The number of nitrogens with zero attached hydrogens (tertiary/aromatic N) is 2. The smallest absolute Gasteiger partial charge is 0.376 e. The third-order valence-corrected chi connectivity index (χ3v) is 9.85. The molecule has 4 aromatic rings. The van der Waals surface area contributed by atoms with Gasteiger partial charge in [-0.1, -0.05) is 36.4 Å². The van der Waals surface area contributed by atoms with Crippen LogP contribution in [0.1, 0.15) is 41.8 Å². The second kappa shape index (κ2) is 9.66. The van der Waals surface area contributed by atoms with Crippen LogP contribution in [-0.4, -0.2) is 34.9 Å². The van der Waals surface area contributed by atoms with Gasteiger partial charge in [-0.2, -0.15) is 13.2 Å². The summed E-state index contributed by atoms with van der Waals surface area (Å²) in [6.45, 7) is 0.666. The number of benzene rings is 2. The Morgan fingerprint density at radius 2 is 1.85 bits per heavy atom. The quantitative estimate of drug-likeness (QED) is 0.201. The minimum absolute atomic E-state index is 0.168. The molecule has 1 aliphatic carbocycles. The molecule has 0 amide bonds. The minimum atomic E-state index is -4.91. The van der Waals surface area contributed by atoms with Gasteiger partial charge in [0.05, 0.1) is 27.5 Å². The van der Waals surface area contributed by atoms with Crippen LogP contribution in [0.2, 0.25) is 0 Å². The number of thiophene rings is 1. The first-order valence-electron chi connectivity index (χ1n) is 11.8. The van der Waals surface area contributed by atoms with E-state index in [-0.39, 0.29) is 22.5 Å². The Balaban J connectivity index is 1.65. The Morgan fingerprint density at radius 3 is 2.51 bits per heavy atom. The maximum atomic E-state index is 13.5. The third kappa shape index (κ3) is 5.14. The average Bonchev–Trinajstić information content (AvgIpc) is 3.66. The van der Waals surface area contributed by atoms with Crippen LogP contribution in [0.3, 0.4) is 0 Å². The highest BCUT2D eigenvalue weighted by molar-refractivity contribution is 7.90. The van der Waals surface area contributed by atoms with Crippen molar-refractivity contribution in [3.8, 4) is 11.3 Å². The molecule has 5 rings (SSSR count). The molecule has 2 aromatic carbocycles. The molecule has 2 atom stereocenters. The average molecular weight is 578 g/mol. The molecule has 8 nitrogen and oxygen atoms in total. The zero-order valence-electron chi connectivity index (χ0n) is 20.3. The summed E-state index contributed by atoms with van der Waals surface area (Å²) in [5.74, 6) is 0. The lowest BCUT2D eigenvalue weighted by molar-refractivity contribution is -0.385. The number of alkyl halides is 3. The summed E-state index contributed by atoms with van der Waals surface area (Å²) in [6.07, 6.45) is -2.74. The second-order valence-electron chi connectivity index (χ2n) is 9.48. The zero-order chi connectivity index (χ0) is 28.2. The normalized spacial score (nSPS) is 16.6. The number of hydrogen-bond donors (Lipinski definition) is 2. The van der Waals surface area contributed by atoms with Gasteiger partial charge in [-0.25, -0.2) is 13.1 Å². The number of sulfonamides is 1. The molecule has 13 heteroatoms. The van der Waals surface area contributed by atoms with Gasteiger partial charge in [0.15, 0.2) is 5.60 Å². The van der Waals surface area contributed by atoms with Gasteiger partial charge >= 0.3 is 6.18 Å². The number of rotatable bonds is 8. The van der Waals surface area contributed by atoms with Crippen LogP contribution in [0.5, 0.6) is 0 Å². The van der Waals surface area contributed by atoms with Crippen molar-refractivity contribution in [3.05, 3.63) is 93.0 Å². The van der Waals surface area contributed by atoms with Crippen molar-refractivity contribution < 1.29 is 31.6 Å². The fourth-order valence-electron chi connectivity index (χ4n) is 4.28. The lowest BCUT2D eigenvalue weighted by Crippen LogP contribution is -2.39. The number of nitrogens with one attached hydrogen (secondary N) is 1. The molecule has 0 saturated heterocycles. The van der Waals surface area contributed by atoms with E-state index >= 15 is 0 Å². The van der Waals surface area contributed by atoms with Gasteiger partial charge in [0.2, 0.25) is 10.0 Å². The number of halogens is 3. The topological polar surface area (TPSA) is 122 Å². The van der Waals surface area contributed by atoms with Crippen molar-refractivity contribution >= 4 is 37.1 Å². The first kappa shape index (κ1) is 27.2. The van der Waals surface area contributed by atoms with Gasteiger partial charge in [-0.3, -0.25) is 15.1 Å². The maximum Gasteiger partial charge on any atom is 0.421 e. The zero-order valence-corrected chi connectivity index (χ0v) is 22.0. The van der Waals surface area contributed by atoms with E-state index < -0.39 is 38.0 Å². The summed E-state index contributed by atoms with van der Waals surface area (Å²) in [4.78, 5) is 15.9. The molecule has 204 valence electrons. The van der Waals surface area contributed by atoms with Crippen LogP contribution in [0, 0.1) is 10.1 Å². The van der Waals surface area contributed by atoms with Crippen LogP contribution in [0.25, 0.3) is 21.3 Å². The number of para-hydroxylation sites is 1. The largest absolute Gasteiger partial charge is 0.421 e. The molecule has 0 bridgehead atoms. The van der Waals surface area contributed by atoms with E-state index in [9.17, 15) is 36.8 Å². The minimum Gasteiger partial charge on any atom is -0.376 e. The monoisotopic (exact) mass is 577 g/mol. The molecular formula is C26H22F3N3O5S2. The number of aliphatic hydroxyl groups is 1. The van der Waals surface area contributed by atoms with Crippen molar-refractivity contribution in [2.45, 2.75) is 42.8 Å². The lowest BCUT2D eigenvalue weighted by atomic mass is 9.94. The van der Waals surface area contributed by atoms with Crippen LogP contribution in [0.15, 0.2) is 66.9 Å². The van der Waals surface area contributed by atoms with E-state index in [1.54, 1.807) is 30.3 Å². The van der Waals surface area contributed by atoms with E-state index in [0.717, 1.165) is 23.5 Å². The van der Waals surface area contributed by atoms with Gasteiger partial charge in [0, 0.05) is 27.4 Å². The molecule has 2 N–H and O–H groups in total. The van der Waals surface area contributed by atoms with Crippen LogP contribution in [-0.2, 0) is 15.6 Å². The highest BCUT2D eigenvalue weighted by atomic mass is 32.2. The summed E-state index contributed by atoms with van der Waals surface area (Å²) < 4.78 is 69.6. The molecule has 2 aromatic heterocycles. The predicted octanol–water partition coefficient (Wildman–Crippen LogP) is 5.81. The molecule has 39 heavy (non-hydrogen) atoms. The lowest BCUT2D eigenvalue weighted by Gasteiger charge is -2.26. The number of hydrogen-bond acceptors (Lipinski definition) is 7. The number of nitro benzene ring substituents is 1. The van der Waals surface area contributed by atoms with Gasteiger partial charge in [-0.05, 0) is 48.9 Å². The first-order chi connectivity index (χ1) is 18.3. The Bertz CT molecular complexity index is 1680. The number of fused-ring (bicyclic) bond motifs is 1. The van der Waals surface area contributed by atoms with Crippen LogP contribution < -0.4 is 4.72 Å². The molecule has 1 aliphatic rings. The van der Waals surface area contributed by atoms with Crippen molar-refractivity contribution in [1.29, 1.82) is 0 Å². The highest BCUT2D eigenvalue weighted by Gasteiger charge is 2.51. The van der Waals surface area contributed by atoms with Gasteiger partial charge in [-0.15, -0.1) is 11.3 Å². The molecular weight excluding hydrogens is 555 g/mol. The van der Waals surface area contributed by atoms with Crippen LogP contribution in [0.4, 0.5) is 18.9 Å². The predicted molar refractivity (Wildman–Crippen MR) is 141 cm³/mol.